The van der Waals surface area contributed by atoms with Crippen molar-refractivity contribution in [1.82, 2.24) is 19.4 Å². The molecule has 0 spiro atoms. The van der Waals surface area contributed by atoms with E-state index in [-0.39, 0.29) is 0 Å². The molecule has 0 aliphatic carbocycles. The number of aromatic nitrogens is 2. The minimum Gasteiger partial charge on any atom is -0.492 e. The SMILES string of the molecule is CN1CCN(CCOc2ccc3[nH]c(-c4cccn(C(N)=O)c4=O)cc3c2)CC1. The summed E-state index contributed by atoms with van der Waals surface area (Å²) >= 11 is 0. The number of likely N-dealkylation sites (N-methyl/N-ethyl adjacent to an activating group) is 1. The summed E-state index contributed by atoms with van der Waals surface area (Å²) in [5, 5.41) is 0.936. The number of H-pyrrole nitrogens is 1. The normalized spacial score (nSPS) is 15.6. The summed E-state index contributed by atoms with van der Waals surface area (Å²) in [5.41, 5.74) is 6.72. The van der Waals surface area contributed by atoms with Crippen molar-refractivity contribution >= 4 is 16.9 Å². The first-order valence-electron chi connectivity index (χ1n) is 9.69. The standard InChI is InChI=1S/C21H25N5O3/c1-24-7-9-25(10-8-24)11-12-29-16-4-5-18-15(13-16)14-19(23-18)17-3-2-6-26(20(17)27)21(22)28/h2-6,13-14,23H,7-12H2,1H3,(H2,22,28). The minimum atomic E-state index is -0.802. The Kier molecular flexibility index (Phi) is 5.37. The number of amides is 1. The number of fused-ring (bicyclic) bond motifs is 1. The van der Waals surface area contributed by atoms with Crippen LogP contribution in [0, 0.1) is 0 Å². The van der Waals surface area contributed by atoms with E-state index in [2.05, 4.69) is 21.8 Å². The van der Waals surface area contributed by atoms with E-state index >= 15 is 0 Å². The first kappa shape index (κ1) is 19.2. The molecule has 8 nitrogen and oxygen atoms in total. The molecule has 0 saturated carbocycles. The summed E-state index contributed by atoms with van der Waals surface area (Å²) in [4.78, 5) is 31.8. The number of ether oxygens (including phenoxy) is 1. The smallest absolute Gasteiger partial charge is 0.325 e. The van der Waals surface area contributed by atoms with Gasteiger partial charge in [0.2, 0.25) is 0 Å². The number of carbonyl (C=O) groups is 1. The lowest BCUT2D eigenvalue weighted by Crippen LogP contribution is -2.45. The maximum Gasteiger partial charge on any atom is 0.325 e. The second kappa shape index (κ2) is 8.10. The van der Waals surface area contributed by atoms with Gasteiger partial charge in [-0.25, -0.2) is 9.36 Å². The van der Waals surface area contributed by atoms with E-state index < -0.39 is 11.6 Å². The van der Waals surface area contributed by atoms with Crippen LogP contribution in [0.1, 0.15) is 0 Å². The number of nitrogens with two attached hydrogens (primary N) is 1. The number of nitrogens with one attached hydrogen (secondary N) is 1. The number of hydrogen-bond acceptors (Lipinski definition) is 5. The number of piperazine rings is 1. The van der Waals surface area contributed by atoms with Crippen LogP contribution in [0.15, 0.2) is 47.4 Å². The number of rotatable bonds is 5. The molecule has 3 aromatic rings. The van der Waals surface area contributed by atoms with E-state index in [0.29, 0.717) is 17.9 Å². The first-order valence-corrected chi connectivity index (χ1v) is 9.69. The molecule has 4 rings (SSSR count). The molecule has 3 heterocycles. The van der Waals surface area contributed by atoms with E-state index in [1.807, 2.05) is 24.3 Å². The molecule has 1 amide bonds. The van der Waals surface area contributed by atoms with Crippen LogP contribution >= 0.6 is 0 Å². The summed E-state index contributed by atoms with van der Waals surface area (Å²) in [6.07, 6.45) is 1.36. The second-order valence-electron chi connectivity index (χ2n) is 7.36. The number of pyridine rings is 1. The number of nitrogens with zero attached hydrogens (tertiary/aromatic N) is 3. The Bertz CT molecular complexity index is 1080. The third-order valence-corrected chi connectivity index (χ3v) is 5.34. The molecule has 29 heavy (non-hydrogen) atoms. The molecule has 1 aliphatic heterocycles. The highest BCUT2D eigenvalue weighted by atomic mass is 16.5. The lowest BCUT2D eigenvalue weighted by Gasteiger charge is -2.32. The monoisotopic (exact) mass is 395 g/mol. The third-order valence-electron chi connectivity index (χ3n) is 5.34. The molecular weight excluding hydrogens is 370 g/mol. The van der Waals surface area contributed by atoms with Crippen molar-refractivity contribution in [2.75, 3.05) is 46.4 Å². The molecular formula is C21H25N5O3. The van der Waals surface area contributed by atoms with Crippen LogP contribution < -0.4 is 16.0 Å². The molecule has 3 N–H and O–H groups in total. The van der Waals surface area contributed by atoms with E-state index in [1.54, 1.807) is 12.1 Å². The Hall–Kier alpha value is -3.10. The van der Waals surface area contributed by atoms with Gasteiger partial charge in [0.1, 0.15) is 12.4 Å². The zero-order valence-electron chi connectivity index (χ0n) is 16.4. The fourth-order valence-electron chi connectivity index (χ4n) is 3.58. The van der Waals surface area contributed by atoms with Gasteiger partial charge in [-0.05, 0) is 43.4 Å². The lowest BCUT2D eigenvalue weighted by molar-refractivity contribution is 0.134. The van der Waals surface area contributed by atoms with E-state index in [1.165, 1.54) is 6.20 Å². The molecule has 8 heteroatoms. The predicted molar refractivity (Wildman–Crippen MR) is 112 cm³/mol. The Balaban J connectivity index is 1.48. The van der Waals surface area contributed by atoms with E-state index in [4.69, 9.17) is 10.5 Å². The Morgan fingerprint density at radius 2 is 1.97 bits per heavy atom. The van der Waals surface area contributed by atoms with Gasteiger partial charge in [0.05, 0.1) is 11.3 Å². The predicted octanol–water partition coefficient (Wildman–Crippen LogP) is 1.55. The van der Waals surface area contributed by atoms with Crippen LogP contribution in [0.4, 0.5) is 4.79 Å². The molecule has 0 atom stereocenters. The summed E-state index contributed by atoms with van der Waals surface area (Å²) in [6, 6.07) is 10.2. The topological polar surface area (TPSA) is 96.6 Å². The lowest BCUT2D eigenvalue weighted by atomic mass is 10.2. The number of primary amides is 1. The number of benzene rings is 1. The van der Waals surface area contributed by atoms with Crippen molar-refractivity contribution in [2.45, 2.75) is 0 Å². The van der Waals surface area contributed by atoms with Gasteiger partial charge < -0.3 is 20.4 Å². The Morgan fingerprint density at radius 1 is 1.17 bits per heavy atom. The Morgan fingerprint density at radius 3 is 2.72 bits per heavy atom. The van der Waals surface area contributed by atoms with Gasteiger partial charge in [0.25, 0.3) is 5.56 Å². The summed E-state index contributed by atoms with van der Waals surface area (Å²) in [6.45, 7) is 5.86. The largest absolute Gasteiger partial charge is 0.492 e. The highest BCUT2D eigenvalue weighted by Gasteiger charge is 2.14. The highest BCUT2D eigenvalue weighted by molar-refractivity contribution is 5.87. The zero-order chi connectivity index (χ0) is 20.4. The van der Waals surface area contributed by atoms with E-state index in [0.717, 1.165) is 53.9 Å². The molecule has 1 aliphatic rings. The van der Waals surface area contributed by atoms with Crippen molar-refractivity contribution in [3.05, 3.63) is 52.9 Å². The van der Waals surface area contributed by atoms with Crippen LogP contribution in [-0.2, 0) is 0 Å². The van der Waals surface area contributed by atoms with Crippen molar-refractivity contribution in [3.63, 3.8) is 0 Å². The average molecular weight is 395 g/mol. The molecule has 1 aromatic carbocycles. The van der Waals surface area contributed by atoms with Crippen molar-refractivity contribution in [3.8, 4) is 17.0 Å². The van der Waals surface area contributed by atoms with Gasteiger partial charge in [-0.2, -0.15) is 0 Å². The number of hydrogen-bond donors (Lipinski definition) is 2. The van der Waals surface area contributed by atoms with Gasteiger partial charge in [0.15, 0.2) is 0 Å². The maximum absolute atomic E-state index is 12.5. The van der Waals surface area contributed by atoms with Gasteiger partial charge in [-0.1, -0.05) is 0 Å². The summed E-state index contributed by atoms with van der Waals surface area (Å²) in [7, 11) is 2.15. The Labute approximate surface area is 168 Å². The average Bonchev–Trinajstić information content (AvgIpc) is 3.12. The molecule has 152 valence electrons. The molecule has 1 fully saturated rings. The van der Waals surface area contributed by atoms with Crippen LogP contribution in [0.25, 0.3) is 22.2 Å². The van der Waals surface area contributed by atoms with Crippen molar-refractivity contribution < 1.29 is 9.53 Å². The molecule has 0 unspecified atom stereocenters. The fraction of sp³-hybridized carbons (Fsp3) is 0.333. The molecule has 1 saturated heterocycles. The van der Waals surface area contributed by atoms with Gasteiger partial charge in [-0.3, -0.25) is 9.69 Å². The van der Waals surface area contributed by atoms with Crippen LogP contribution in [0.3, 0.4) is 0 Å². The molecule has 0 bridgehead atoms. The quantitative estimate of drug-likeness (QED) is 0.683. The van der Waals surface area contributed by atoms with Crippen LogP contribution in [-0.4, -0.2) is 71.8 Å². The van der Waals surface area contributed by atoms with Crippen molar-refractivity contribution in [2.24, 2.45) is 5.73 Å². The van der Waals surface area contributed by atoms with Gasteiger partial charge in [0, 0.05) is 49.8 Å². The molecule has 2 aromatic heterocycles. The van der Waals surface area contributed by atoms with Gasteiger partial charge >= 0.3 is 6.03 Å². The fourth-order valence-corrected chi connectivity index (χ4v) is 3.58. The number of carbonyl (C=O) groups excluding carboxylic acids is 1. The van der Waals surface area contributed by atoms with Crippen LogP contribution in [0.2, 0.25) is 0 Å². The minimum absolute atomic E-state index is 0.389. The summed E-state index contributed by atoms with van der Waals surface area (Å²) in [5.74, 6) is 0.791. The van der Waals surface area contributed by atoms with Gasteiger partial charge in [-0.15, -0.1) is 0 Å². The third kappa shape index (κ3) is 4.18. The second-order valence-corrected chi connectivity index (χ2v) is 7.36. The highest BCUT2D eigenvalue weighted by Crippen LogP contribution is 2.25. The maximum atomic E-state index is 12.5. The zero-order valence-corrected chi connectivity index (χ0v) is 16.4. The number of aromatic amines is 1. The first-order chi connectivity index (χ1) is 14.0. The van der Waals surface area contributed by atoms with Crippen molar-refractivity contribution in [1.29, 1.82) is 0 Å². The molecule has 0 radical (unpaired) electrons. The van der Waals surface area contributed by atoms with E-state index in [9.17, 15) is 9.59 Å². The summed E-state index contributed by atoms with van der Waals surface area (Å²) < 4.78 is 6.83. The van der Waals surface area contributed by atoms with Crippen LogP contribution in [0.5, 0.6) is 5.75 Å².